The predicted octanol–water partition coefficient (Wildman–Crippen LogP) is 6.34. The van der Waals surface area contributed by atoms with Crippen LogP contribution in [0, 0.1) is 56.7 Å². The van der Waals surface area contributed by atoms with Crippen LogP contribution in [0.1, 0.15) is 106 Å². The van der Waals surface area contributed by atoms with Gasteiger partial charge in [0.1, 0.15) is 6.10 Å². The Labute approximate surface area is 283 Å². The van der Waals surface area contributed by atoms with Crippen molar-refractivity contribution in [2.75, 3.05) is 39.8 Å². The number of morpholine rings is 1. The van der Waals surface area contributed by atoms with Crippen molar-refractivity contribution >= 4 is 6.09 Å². The average molecular weight is 657 g/mol. The highest BCUT2D eigenvalue weighted by atomic mass is 16.7. The number of carbonyl (C=O) groups is 1. The molecule has 3 aliphatic heterocycles. The number of hydrogen-bond donors (Lipinski definition) is 1. The SMILES string of the molecule is CC(C)[C@@H](OC(=O)N1CCC1)C1C[C@@H](C)[C@H]2C(O1)[C@H](O)[C@@]1(C)C3CC[C@H]4C(C)(C)C(O[C@H]5CN(C)CCO5)CCC45CC35CCC21C. The van der Waals surface area contributed by atoms with Gasteiger partial charge in [0.05, 0.1) is 31.0 Å². The number of aliphatic hydroxyl groups is 1. The van der Waals surface area contributed by atoms with Gasteiger partial charge in [-0.2, -0.15) is 0 Å². The van der Waals surface area contributed by atoms with Crippen LogP contribution < -0.4 is 0 Å². The summed E-state index contributed by atoms with van der Waals surface area (Å²) < 4.78 is 26.1. The molecule has 8 nitrogen and oxygen atoms in total. The van der Waals surface area contributed by atoms with Gasteiger partial charge in [0.2, 0.25) is 0 Å². The molecule has 0 aromatic rings. The zero-order valence-corrected chi connectivity index (χ0v) is 30.6. The molecule has 7 unspecified atom stereocenters. The van der Waals surface area contributed by atoms with Crippen molar-refractivity contribution in [2.24, 2.45) is 56.7 Å². The van der Waals surface area contributed by atoms with Gasteiger partial charge < -0.3 is 29.0 Å². The molecule has 3 saturated heterocycles. The zero-order chi connectivity index (χ0) is 33.3. The molecule has 8 aliphatic rings. The first-order valence-corrected chi connectivity index (χ1v) is 19.4. The van der Waals surface area contributed by atoms with Crippen molar-refractivity contribution in [1.82, 2.24) is 9.80 Å². The van der Waals surface area contributed by atoms with Gasteiger partial charge in [-0.1, -0.05) is 48.5 Å². The van der Waals surface area contributed by atoms with Gasteiger partial charge in [0.15, 0.2) is 6.29 Å². The maximum atomic E-state index is 12.9. The maximum absolute atomic E-state index is 12.9. The molecule has 5 saturated carbocycles. The lowest BCUT2D eigenvalue weighted by atomic mass is 9.41. The average Bonchev–Trinajstić information content (AvgIpc) is 3.61. The van der Waals surface area contributed by atoms with E-state index in [-0.39, 0.29) is 59.0 Å². The third-order valence-corrected chi connectivity index (χ3v) is 16.7. The topological polar surface area (TPSA) is 80.7 Å². The smallest absolute Gasteiger partial charge is 0.410 e. The molecule has 5 aliphatic carbocycles. The third-order valence-electron chi connectivity index (χ3n) is 16.7. The fourth-order valence-corrected chi connectivity index (χ4v) is 14.1. The lowest BCUT2D eigenvalue weighted by Gasteiger charge is -2.64. The quantitative estimate of drug-likeness (QED) is 0.370. The van der Waals surface area contributed by atoms with Crippen LogP contribution in [0.2, 0.25) is 0 Å². The largest absolute Gasteiger partial charge is 0.443 e. The molecule has 8 heteroatoms. The van der Waals surface area contributed by atoms with E-state index in [1.165, 1.54) is 38.5 Å². The van der Waals surface area contributed by atoms with Crippen molar-refractivity contribution < 1.29 is 28.8 Å². The van der Waals surface area contributed by atoms with Crippen LogP contribution in [0.3, 0.4) is 0 Å². The van der Waals surface area contributed by atoms with Crippen LogP contribution in [0.5, 0.6) is 0 Å². The van der Waals surface area contributed by atoms with E-state index in [9.17, 15) is 9.90 Å². The van der Waals surface area contributed by atoms with E-state index in [2.05, 4.69) is 60.4 Å². The van der Waals surface area contributed by atoms with Gasteiger partial charge in [0.25, 0.3) is 0 Å². The van der Waals surface area contributed by atoms with Crippen LogP contribution >= 0.6 is 0 Å². The molecule has 0 bridgehead atoms. The van der Waals surface area contributed by atoms with E-state index in [0.717, 1.165) is 52.0 Å². The zero-order valence-electron chi connectivity index (χ0n) is 30.6. The Hall–Kier alpha value is -0.930. The van der Waals surface area contributed by atoms with Crippen molar-refractivity contribution in [1.29, 1.82) is 0 Å². The van der Waals surface area contributed by atoms with Crippen molar-refractivity contribution in [3.05, 3.63) is 0 Å². The van der Waals surface area contributed by atoms with Crippen LogP contribution in [0.4, 0.5) is 4.79 Å². The summed E-state index contributed by atoms with van der Waals surface area (Å²) in [5, 5.41) is 12.7. The summed E-state index contributed by atoms with van der Waals surface area (Å²) >= 11 is 0. The monoisotopic (exact) mass is 656 g/mol. The first kappa shape index (κ1) is 33.2. The molecule has 266 valence electrons. The third kappa shape index (κ3) is 4.45. The lowest BCUT2D eigenvalue weighted by molar-refractivity contribution is -0.247. The van der Waals surface area contributed by atoms with Crippen LogP contribution in [-0.2, 0) is 18.9 Å². The Kier molecular flexibility index (Phi) is 7.80. The molecule has 3 heterocycles. The van der Waals surface area contributed by atoms with E-state index >= 15 is 0 Å². The highest BCUT2D eigenvalue weighted by Crippen LogP contribution is 2.89. The first-order chi connectivity index (χ1) is 22.2. The number of hydrogen-bond acceptors (Lipinski definition) is 7. The second-order valence-corrected chi connectivity index (χ2v) is 19.2. The number of fused-ring (bicyclic) bond motifs is 4. The minimum absolute atomic E-state index is 0.0236. The van der Waals surface area contributed by atoms with Gasteiger partial charge >= 0.3 is 6.09 Å². The second-order valence-electron chi connectivity index (χ2n) is 19.2. The lowest BCUT2D eigenvalue weighted by Crippen LogP contribution is -2.60. The first-order valence-electron chi connectivity index (χ1n) is 19.4. The molecular formula is C39H64N2O6. The van der Waals surface area contributed by atoms with E-state index in [0.29, 0.717) is 34.5 Å². The molecule has 0 radical (unpaired) electrons. The van der Waals surface area contributed by atoms with Crippen molar-refractivity contribution in [3.8, 4) is 0 Å². The summed E-state index contributed by atoms with van der Waals surface area (Å²) in [5.41, 5.74) is 0.607. The summed E-state index contributed by atoms with van der Waals surface area (Å²) in [6.07, 6.45) is 9.18. The van der Waals surface area contributed by atoms with Crippen LogP contribution in [0.15, 0.2) is 0 Å². The van der Waals surface area contributed by atoms with E-state index in [1.807, 2.05) is 0 Å². The number of ether oxygens (including phenoxy) is 4. The van der Waals surface area contributed by atoms with Crippen LogP contribution in [-0.4, -0.2) is 97.6 Å². The van der Waals surface area contributed by atoms with Gasteiger partial charge in [-0.05, 0) is 116 Å². The molecule has 47 heavy (non-hydrogen) atoms. The van der Waals surface area contributed by atoms with E-state index < -0.39 is 6.10 Å². The van der Waals surface area contributed by atoms with Gasteiger partial charge in [-0.25, -0.2) is 4.79 Å². The maximum Gasteiger partial charge on any atom is 0.410 e. The number of carbonyl (C=O) groups excluding carboxylic acids is 1. The summed E-state index contributed by atoms with van der Waals surface area (Å²) in [4.78, 5) is 17.1. The normalized spacial score (nSPS) is 52.3. The highest BCUT2D eigenvalue weighted by molar-refractivity contribution is 5.68. The summed E-state index contributed by atoms with van der Waals surface area (Å²) in [7, 11) is 2.16. The molecule has 1 N–H and O–H groups in total. The molecule has 0 aromatic heterocycles. The van der Waals surface area contributed by atoms with Gasteiger partial charge in [-0.15, -0.1) is 0 Å². The summed E-state index contributed by atoms with van der Waals surface area (Å²) in [6, 6.07) is 0. The Balaban J connectivity index is 1.03. The standard InChI is InChI=1S/C39H64N2O6/c1-23(2)31(47-34(43)41-16-9-17-41)25-20-24(3)30-32(45-25)33(42)37(7)27-11-10-26-35(4,5)28(46-29-21-40(8)18-19-44-29)12-13-38(26)22-39(27,38)15-14-36(30,37)6/h23-33,42H,9-22H2,1-8H3/t24-,25?,26+,27?,28?,29+,30+,31-,32?,33+,36?,37-,38?,39?/m1/s1. The molecule has 1 amide bonds. The Bertz CT molecular complexity index is 1240. The van der Waals surface area contributed by atoms with Crippen molar-refractivity contribution in [2.45, 2.75) is 143 Å². The molecule has 8 fully saturated rings. The number of aliphatic hydroxyl groups excluding tert-OH is 1. The minimum Gasteiger partial charge on any atom is -0.443 e. The Morgan fingerprint density at radius 3 is 2.38 bits per heavy atom. The van der Waals surface area contributed by atoms with Gasteiger partial charge in [-0.3, -0.25) is 4.90 Å². The Morgan fingerprint density at radius 1 is 0.979 bits per heavy atom. The van der Waals surface area contributed by atoms with E-state index in [4.69, 9.17) is 18.9 Å². The molecule has 0 aromatic carbocycles. The minimum atomic E-state index is -0.508. The number of likely N-dealkylation sites (N-methyl/N-ethyl adjacent to an activating group) is 1. The number of rotatable bonds is 5. The predicted molar refractivity (Wildman–Crippen MR) is 180 cm³/mol. The number of likely N-dealkylation sites (tertiary alicyclic amines) is 1. The fraction of sp³-hybridized carbons (Fsp3) is 0.974. The number of nitrogens with zero attached hydrogens (tertiary/aromatic N) is 2. The summed E-state index contributed by atoms with van der Waals surface area (Å²) in [6.45, 7) is 20.8. The molecule has 2 spiro atoms. The van der Waals surface area contributed by atoms with Gasteiger partial charge in [0, 0.05) is 31.6 Å². The fourth-order valence-electron chi connectivity index (χ4n) is 14.1. The molecular weight excluding hydrogens is 592 g/mol. The molecule has 14 atom stereocenters. The number of amides is 1. The van der Waals surface area contributed by atoms with Crippen LogP contribution in [0.25, 0.3) is 0 Å². The Morgan fingerprint density at radius 2 is 1.70 bits per heavy atom. The summed E-state index contributed by atoms with van der Waals surface area (Å²) in [5.74, 6) is 2.02. The van der Waals surface area contributed by atoms with Crippen molar-refractivity contribution in [3.63, 3.8) is 0 Å². The van der Waals surface area contributed by atoms with E-state index in [1.54, 1.807) is 4.90 Å². The highest BCUT2D eigenvalue weighted by Gasteiger charge is 2.84. The molecule has 8 rings (SSSR count). The second kappa shape index (κ2) is 11.0.